The number of aromatic amines is 1. The first-order valence-electron chi connectivity index (χ1n) is 5.80. The number of nitrogens with zero attached hydrogens (tertiary/aromatic N) is 2. The number of nitrogens with one attached hydrogen (secondary N) is 1. The highest BCUT2D eigenvalue weighted by Gasteiger charge is 2.27. The predicted octanol–water partition coefficient (Wildman–Crippen LogP) is 2.68. The lowest BCUT2D eigenvalue weighted by Crippen LogP contribution is -2.31. The highest BCUT2D eigenvalue weighted by molar-refractivity contribution is 9.10. The third-order valence-electron chi connectivity index (χ3n) is 3.10. The summed E-state index contributed by atoms with van der Waals surface area (Å²) in [4.78, 5) is 20.7. The number of anilines is 1. The van der Waals surface area contributed by atoms with Crippen LogP contribution in [0.15, 0.2) is 15.6 Å². The summed E-state index contributed by atoms with van der Waals surface area (Å²) in [6.07, 6.45) is 6.14. The lowest BCUT2D eigenvalue weighted by molar-refractivity contribution is 0.599. The molecule has 2 heterocycles. The van der Waals surface area contributed by atoms with Gasteiger partial charge < -0.3 is 9.88 Å². The van der Waals surface area contributed by atoms with Gasteiger partial charge in [-0.1, -0.05) is 15.9 Å². The van der Waals surface area contributed by atoms with Gasteiger partial charge in [-0.25, -0.2) is 4.98 Å². The molecule has 1 fully saturated rings. The Morgan fingerprint density at radius 2 is 2.41 bits per heavy atom. The largest absolute Gasteiger partial charge is 0.352 e. The van der Waals surface area contributed by atoms with Gasteiger partial charge >= 0.3 is 0 Å². The molecule has 2 rings (SSSR count). The minimum absolute atomic E-state index is 0.110. The third kappa shape index (κ3) is 2.91. The van der Waals surface area contributed by atoms with Crippen LogP contribution in [0.5, 0.6) is 0 Å². The maximum absolute atomic E-state index is 11.5. The highest BCUT2D eigenvalue weighted by Crippen LogP contribution is 2.29. The zero-order valence-electron chi connectivity index (χ0n) is 9.46. The van der Waals surface area contributed by atoms with E-state index in [0.717, 1.165) is 30.5 Å². The number of alkyl halides is 1. The first kappa shape index (κ1) is 13.1. The van der Waals surface area contributed by atoms with Gasteiger partial charge in [-0.15, -0.1) is 0 Å². The monoisotopic (exact) mass is 363 g/mol. The van der Waals surface area contributed by atoms with Crippen LogP contribution < -0.4 is 10.5 Å². The Morgan fingerprint density at radius 1 is 1.59 bits per heavy atom. The van der Waals surface area contributed by atoms with Crippen LogP contribution >= 0.6 is 31.9 Å². The second-order valence-corrected chi connectivity index (χ2v) is 5.78. The molecule has 1 unspecified atom stereocenters. The minimum atomic E-state index is -0.110. The van der Waals surface area contributed by atoms with E-state index in [1.54, 1.807) is 0 Å². The standard InChI is InChI=1S/C11H15Br2N3O/c12-5-1-3-8-4-2-6-16(8)10-9(13)11(17)15-7-14-10/h7-8H,1-6H2,(H,14,15,17). The van der Waals surface area contributed by atoms with E-state index >= 15 is 0 Å². The molecule has 0 aliphatic carbocycles. The molecule has 1 aromatic rings. The van der Waals surface area contributed by atoms with Crippen LogP contribution in [0.25, 0.3) is 0 Å². The summed E-state index contributed by atoms with van der Waals surface area (Å²) >= 11 is 6.79. The fourth-order valence-corrected chi connectivity index (χ4v) is 3.07. The summed E-state index contributed by atoms with van der Waals surface area (Å²) < 4.78 is 0.547. The van der Waals surface area contributed by atoms with Crippen molar-refractivity contribution in [2.45, 2.75) is 31.7 Å². The normalized spacial score (nSPS) is 19.9. The molecule has 0 bridgehead atoms. The van der Waals surface area contributed by atoms with E-state index in [1.807, 2.05) is 0 Å². The summed E-state index contributed by atoms with van der Waals surface area (Å²) in [5.74, 6) is 0.783. The number of hydrogen-bond donors (Lipinski definition) is 1. The van der Waals surface area contributed by atoms with E-state index in [0.29, 0.717) is 10.5 Å². The predicted molar refractivity (Wildman–Crippen MR) is 76.0 cm³/mol. The van der Waals surface area contributed by atoms with Gasteiger partial charge in [0.2, 0.25) is 0 Å². The van der Waals surface area contributed by atoms with Gasteiger partial charge in [-0.2, -0.15) is 0 Å². The molecule has 1 atom stereocenters. The summed E-state index contributed by atoms with van der Waals surface area (Å²) in [5.41, 5.74) is -0.110. The van der Waals surface area contributed by atoms with Crippen LogP contribution in [-0.4, -0.2) is 27.9 Å². The van der Waals surface area contributed by atoms with E-state index in [9.17, 15) is 4.79 Å². The van der Waals surface area contributed by atoms with Crippen molar-refractivity contribution in [3.05, 3.63) is 21.2 Å². The molecule has 6 heteroatoms. The van der Waals surface area contributed by atoms with Crippen molar-refractivity contribution < 1.29 is 0 Å². The van der Waals surface area contributed by atoms with Gasteiger partial charge in [0.15, 0.2) is 5.82 Å². The zero-order valence-corrected chi connectivity index (χ0v) is 12.6. The van der Waals surface area contributed by atoms with E-state index in [4.69, 9.17) is 0 Å². The van der Waals surface area contributed by atoms with Crippen molar-refractivity contribution in [2.24, 2.45) is 0 Å². The molecule has 1 aliphatic rings. The van der Waals surface area contributed by atoms with Gasteiger partial charge in [0.25, 0.3) is 5.56 Å². The van der Waals surface area contributed by atoms with Gasteiger partial charge in [-0.05, 0) is 41.6 Å². The summed E-state index contributed by atoms with van der Waals surface area (Å²) in [7, 11) is 0. The van der Waals surface area contributed by atoms with Gasteiger partial charge in [0.1, 0.15) is 4.47 Å². The van der Waals surface area contributed by atoms with Crippen LogP contribution in [0.3, 0.4) is 0 Å². The molecule has 1 aromatic heterocycles. The van der Waals surface area contributed by atoms with Crippen molar-refractivity contribution in [1.82, 2.24) is 9.97 Å². The van der Waals surface area contributed by atoms with Gasteiger partial charge in [0, 0.05) is 17.9 Å². The Labute approximate surface area is 117 Å². The van der Waals surface area contributed by atoms with Crippen molar-refractivity contribution in [1.29, 1.82) is 0 Å². The molecular weight excluding hydrogens is 350 g/mol. The Morgan fingerprint density at radius 3 is 3.18 bits per heavy atom. The number of aromatic nitrogens is 2. The highest BCUT2D eigenvalue weighted by atomic mass is 79.9. The second-order valence-electron chi connectivity index (χ2n) is 4.19. The molecule has 0 radical (unpaired) electrons. The van der Waals surface area contributed by atoms with Crippen LogP contribution in [0.1, 0.15) is 25.7 Å². The Balaban J connectivity index is 2.20. The molecular formula is C11H15Br2N3O. The van der Waals surface area contributed by atoms with Crippen LogP contribution in [0.2, 0.25) is 0 Å². The fraction of sp³-hybridized carbons (Fsp3) is 0.636. The van der Waals surface area contributed by atoms with E-state index < -0.39 is 0 Å². The number of H-pyrrole nitrogens is 1. The molecule has 94 valence electrons. The van der Waals surface area contributed by atoms with E-state index in [1.165, 1.54) is 19.2 Å². The molecule has 0 saturated carbocycles. The smallest absolute Gasteiger partial charge is 0.267 e. The average molecular weight is 365 g/mol. The average Bonchev–Trinajstić information content (AvgIpc) is 2.78. The lowest BCUT2D eigenvalue weighted by Gasteiger charge is -2.26. The summed E-state index contributed by atoms with van der Waals surface area (Å²) in [6, 6.07) is 0.512. The van der Waals surface area contributed by atoms with Gasteiger partial charge in [0.05, 0.1) is 6.33 Å². The van der Waals surface area contributed by atoms with Crippen molar-refractivity contribution in [2.75, 3.05) is 16.8 Å². The fourth-order valence-electron chi connectivity index (χ4n) is 2.30. The molecule has 1 N–H and O–H groups in total. The molecule has 0 aromatic carbocycles. The Hall–Kier alpha value is -0.360. The number of hydrogen-bond acceptors (Lipinski definition) is 3. The number of rotatable bonds is 4. The first-order chi connectivity index (χ1) is 8.24. The Bertz CT molecular complexity index is 435. The SMILES string of the molecule is O=c1[nH]cnc(N2CCCC2CCCBr)c1Br. The topological polar surface area (TPSA) is 49.0 Å². The van der Waals surface area contributed by atoms with Crippen molar-refractivity contribution in [3.63, 3.8) is 0 Å². The van der Waals surface area contributed by atoms with Crippen LogP contribution in [0, 0.1) is 0 Å². The Kier molecular flexibility index (Phi) is 4.62. The molecule has 4 nitrogen and oxygen atoms in total. The van der Waals surface area contributed by atoms with E-state index in [-0.39, 0.29) is 5.56 Å². The summed E-state index contributed by atoms with van der Waals surface area (Å²) in [6.45, 7) is 0.988. The van der Waals surface area contributed by atoms with Crippen LogP contribution in [-0.2, 0) is 0 Å². The van der Waals surface area contributed by atoms with Crippen LogP contribution in [0.4, 0.5) is 5.82 Å². The van der Waals surface area contributed by atoms with Gasteiger partial charge in [-0.3, -0.25) is 4.79 Å². The number of halogens is 2. The van der Waals surface area contributed by atoms with Crippen molar-refractivity contribution in [3.8, 4) is 0 Å². The second kappa shape index (κ2) is 6.00. The van der Waals surface area contributed by atoms with E-state index in [2.05, 4.69) is 46.7 Å². The zero-order chi connectivity index (χ0) is 12.3. The summed E-state index contributed by atoms with van der Waals surface area (Å²) in [5, 5.41) is 1.03. The third-order valence-corrected chi connectivity index (χ3v) is 4.37. The molecule has 0 amide bonds. The lowest BCUT2D eigenvalue weighted by atomic mass is 10.1. The minimum Gasteiger partial charge on any atom is -0.352 e. The maximum atomic E-state index is 11.5. The molecule has 1 saturated heterocycles. The molecule has 1 aliphatic heterocycles. The maximum Gasteiger partial charge on any atom is 0.267 e. The quantitative estimate of drug-likeness (QED) is 0.835. The molecule has 17 heavy (non-hydrogen) atoms. The molecule has 0 spiro atoms. The van der Waals surface area contributed by atoms with Crippen molar-refractivity contribution >= 4 is 37.7 Å². The first-order valence-corrected chi connectivity index (χ1v) is 7.71.